The minimum atomic E-state index is -4.50. The van der Waals surface area contributed by atoms with E-state index in [2.05, 4.69) is 20.7 Å². The summed E-state index contributed by atoms with van der Waals surface area (Å²) in [6.07, 6.45) is 0. The first-order valence-corrected chi connectivity index (χ1v) is 7.11. The minimum Gasteiger partial charge on any atom is -0.433 e. The molecule has 0 N–H and O–H groups in total. The predicted octanol–water partition coefficient (Wildman–Crippen LogP) is 2.89. The maximum absolute atomic E-state index is 12.1. The Balaban J connectivity index is 3.57. The second kappa shape index (κ2) is 5.33. The van der Waals surface area contributed by atoms with Crippen molar-refractivity contribution < 1.29 is 26.9 Å². The van der Waals surface area contributed by atoms with E-state index in [9.17, 15) is 27.3 Å². The van der Waals surface area contributed by atoms with Gasteiger partial charge in [0.05, 0.1) is 4.92 Å². The van der Waals surface area contributed by atoms with E-state index < -0.39 is 41.4 Å². The van der Waals surface area contributed by atoms with E-state index in [1.807, 2.05) is 0 Å². The summed E-state index contributed by atoms with van der Waals surface area (Å²) < 4.78 is 50.0. The molecule has 0 unspecified atom stereocenters. The van der Waals surface area contributed by atoms with Crippen LogP contribution in [0.3, 0.4) is 0 Å². The quantitative estimate of drug-likeness (QED) is 0.464. The number of rotatable bonds is 4. The van der Waals surface area contributed by atoms with E-state index in [4.69, 9.17) is 10.7 Å². The molecular formula is C7H3BrClF2NO5S. The summed E-state index contributed by atoms with van der Waals surface area (Å²) in [5, 5.41) is 10.6. The van der Waals surface area contributed by atoms with Crippen molar-refractivity contribution in [2.75, 3.05) is 0 Å². The van der Waals surface area contributed by atoms with Gasteiger partial charge in [0, 0.05) is 16.7 Å². The molecule has 6 nitrogen and oxygen atoms in total. The highest BCUT2D eigenvalue weighted by Crippen LogP contribution is 2.40. The molecule has 1 aromatic rings. The third kappa shape index (κ3) is 3.27. The molecular weight excluding hydrogens is 363 g/mol. The second-order valence-electron chi connectivity index (χ2n) is 2.80. The minimum absolute atomic E-state index is 0.555. The predicted molar refractivity (Wildman–Crippen MR) is 60.5 cm³/mol. The Hall–Kier alpha value is -1.00. The Kier molecular flexibility index (Phi) is 4.46. The van der Waals surface area contributed by atoms with E-state index in [-0.39, 0.29) is 0 Å². The van der Waals surface area contributed by atoms with Crippen LogP contribution in [0.25, 0.3) is 0 Å². The van der Waals surface area contributed by atoms with E-state index in [1.54, 1.807) is 0 Å². The zero-order valence-electron chi connectivity index (χ0n) is 8.14. The molecule has 0 saturated heterocycles. The number of alkyl halides is 2. The van der Waals surface area contributed by atoms with Crippen LogP contribution in [0.4, 0.5) is 14.5 Å². The summed E-state index contributed by atoms with van der Waals surface area (Å²) in [5.74, 6) is -0.780. The number of nitro groups is 1. The summed E-state index contributed by atoms with van der Waals surface area (Å²) in [6.45, 7) is -3.30. The monoisotopic (exact) mass is 365 g/mol. The van der Waals surface area contributed by atoms with Crippen LogP contribution < -0.4 is 4.74 Å². The van der Waals surface area contributed by atoms with Gasteiger partial charge in [-0.15, -0.1) is 0 Å². The van der Waals surface area contributed by atoms with Gasteiger partial charge in [0.15, 0.2) is 0 Å². The van der Waals surface area contributed by atoms with Crippen molar-refractivity contribution in [2.24, 2.45) is 0 Å². The molecule has 1 aromatic carbocycles. The molecule has 18 heavy (non-hydrogen) atoms. The molecule has 0 spiro atoms. The molecule has 0 aliphatic carbocycles. The zero-order chi connectivity index (χ0) is 14.1. The first-order chi connectivity index (χ1) is 8.14. The fourth-order valence-corrected chi connectivity index (χ4v) is 3.61. The van der Waals surface area contributed by atoms with Crippen LogP contribution >= 0.6 is 26.6 Å². The SMILES string of the molecule is O=[N+]([O-])c1ccc(OC(F)F)c(S(=O)(=O)Cl)c1Br. The van der Waals surface area contributed by atoms with Crippen LogP contribution in [0.15, 0.2) is 21.5 Å². The molecule has 1 rings (SSSR count). The average Bonchev–Trinajstić information content (AvgIpc) is 2.13. The summed E-state index contributed by atoms with van der Waals surface area (Å²) in [7, 11) is 0.521. The maximum Gasteiger partial charge on any atom is 0.387 e. The molecule has 0 amide bonds. The topological polar surface area (TPSA) is 86.5 Å². The number of benzene rings is 1. The standard InChI is InChI=1S/C7H3BrClF2NO5S/c8-5-3(12(13)14)1-2-4(17-7(10)11)6(5)18(9,15)16/h1-2,7H. The van der Waals surface area contributed by atoms with Crippen molar-refractivity contribution in [3.8, 4) is 5.75 Å². The number of hydrogen-bond acceptors (Lipinski definition) is 5. The van der Waals surface area contributed by atoms with Crippen molar-refractivity contribution in [1.29, 1.82) is 0 Å². The van der Waals surface area contributed by atoms with Crippen molar-refractivity contribution in [3.63, 3.8) is 0 Å². The van der Waals surface area contributed by atoms with Crippen LogP contribution in [-0.4, -0.2) is 20.0 Å². The molecule has 100 valence electrons. The van der Waals surface area contributed by atoms with Gasteiger partial charge < -0.3 is 4.74 Å². The molecule has 0 heterocycles. The van der Waals surface area contributed by atoms with Gasteiger partial charge in [0.1, 0.15) is 15.1 Å². The largest absolute Gasteiger partial charge is 0.433 e. The Morgan fingerprint density at radius 3 is 2.39 bits per heavy atom. The summed E-state index contributed by atoms with van der Waals surface area (Å²) in [6, 6.07) is 1.54. The van der Waals surface area contributed by atoms with E-state index >= 15 is 0 Å². The van der Waals surface area contributed by atoms with Gasteiger partial charge in [0.25, 0.3) is 14.7 Å². The normalized spacial score (nSPS) is 11.6. The molecule has 0 aliphatic heterocycles. The highest BCUT2D eigenvalue weighted by molar-refractivity contribution is 9.10. The number of nitro benzene ring substituents is 1. The highest BCUT2D eigenvalue weighted by atomic mass is 79.9. The van der Waals surface area contributed by atoms with Gasteiger partial charge in [-0.05, 0) is 22.0 Å². The van der Waals surface area contributed by atoms with Crippen molar-refractivity contribution >= 4 is 41.4 Å². The van der Waals surface area contributed by atoms with Gasteiger partial charge >= 0.3 is 6.61 Å². The Morgan fingerprint density at radius 1 is 1.44 bits per heavy atom. The molecule has 0 fully saturated rings. The van der Waals surface area contributed by atoms with Crippen molar-refractivity contribution in [3.05, 3.63) is 26.7 Å². The molecule has 0 aliphatic rings. The highest BCUT2D eigenvalue weighted by Gasteiger charge is 2.29. The summed E-state index contributed by atoms with van der Waals surface area (Å²) >= 11 is 2.63. The van der Waals surface area contributed by atoms with Crippen LogP contribution in [0.2, 0.25) is 0 Å². The first kappa shape index (κ1) is 15.1. The molecule has 11 heteroatoms. The zero-order valence-corrected chi connectivity index (χ0v) is 11.3. The lowest BCUT2D eigenvalue weighted by Crippen LogP contribution is -2.07. The number of nitrogens with zero attached hydrogens (tertiary/aromatic N) is 1. The van der Waals surface area contributed by atoms with Crippen LogP contribution in [0, 0.1) is 10.1 Å². The van der Waals surface area contributed by atoms with Gasteiger partial charge in [-0.1, -0.05) is 0 Å². The molecule has 0 atom stereocenters. The Morgan fingerprint density at radius 2 is 2.00 bits per heavy atom. The molecule has 0 saturated carbocycles. The van der Waals surface area contributed by atoms with Crippen molar-refractivity contribution in [1.82, 2.24) is 0 Å². The number of ether oxygens (including phenoxy) is 1. The third-order valence-electron chi connectivity index (χ3n) is 1.70. The third-order valence-corrected chi connectivity index (χ3v) is 4.12. The molecule has 0 radical (unpaired) electrons. The van der Waals surface area contributed by atoms with E-state index in [1.165, 1.54) is 0 Å². The first-order valence-electron chi connectivity index (χ1n) is 4.01. The smallest absolute Gasteiger partial charge is 0.387 e. The van der Waals surface area contributed by atoms with Crippen LogP contribution in [-0.2, 0) is 9.05 Å². The number of hydrogen-bond donors (Lipinski definition) is 0. The fraction of sp³-hybridized carbons (Fsp3) is 0.143. The Labute approximate surface area is 112 Å². The van der Waals surface area contributed by atoms with E-state index in [0.717, 1.165) is 12.1 Å². The summed E-state index contributed by atoms with van der Waals surface area (Å²) in [4.78, 5) is 8.76. The Bertz CT molecular complexity index is 594. The van der Waals surface area contributed by atoms with Gasteiger partial charge in [-0.25, -0.2) is 8.42 Å². The second-order valence-corrected chi connectivity index (χ2v) is 6.10. The lowest BCUT2D eigenvalue weighted by Gasteiger charge is -2.09. The molecule has 0 bridgehead atoms. The van der Waals surface area contributed by atoms with Crippen LogP contribution in [0.5, 0.6) is 5.75 Å². The van der Waals surface area contributed by atoms with E-state index in [0.29, 0.717) is 0 Å². The van der Waals surface area contributed by atoms with Gasteiger partial charge in [-0.2, -0.15) is 8.78 Å². The van der Waals surface area contributed by atoms with Crippen molar-refractivity contribution in [2.45, 2.75) is 11.5 Å². The van der Waals surface area contributed by atoms with Crippen LogP contribution in [0.1, 0.15) is 0 Å². The average molecular weight is 367 g/mol. The lowest BCUT2D eigenvalue weighted by atomic mass is 10.3. The van der Waals surface area contributed by atoms with Gasteiger partial charge in [0.2, 0.25) is 0 Å². The van der Waals surface area contributed by atoms with Gasteiger partial charge in [-0.3, -0.25) is 10.1 Å². The maximum atomic E-state index is 12.1. The summed E-state index contributed by atoms with van der Waals surface area (Å²) in [5.41, 5.74) is -0.643. The lowest BCUT2D eigenvalue weighted by molar-refractivity contribution is -0.386. The number of halogens is 4. The fourth-order valence-electron chi connectivity index (χ4n) is 1.08. The molecule has 0 aromatic heterocycles.